The van der Waals surface area contributed by atoms with Crippen molar-refractivity contribution in [2.45, 2.75) is 0 Å². The lowest BCUT2D eigenvalue weighted by Crippen LogP contribution is -2.09. The number of nitrogens with zero attached hydrogens (tertiary/aromatic N) is 1. The second-order valence-corrected chi connectivity index (χ2v) is 13.7. The number of hydrogen-bond donors (Lipinski definition) is 0. The maximum absolute atomic E-state index is 6.89. The minimum atomic E-state index is 0.900. The maximum Gasteiger partial charge on any atom is 0.143 e. The molecular formula is C52H35NO. The summed E-state index contributed by atoms with van der Waals surface area (Å²) in [5.74, 6) is 0. The minimum Gasteiger partial charge on any atom is -0.455 e. The van der Waals surface area contributed by atoms with Gasteiger partial charge in [0.2, 0.25) is 0 Å². The molecule has 0 fully saturated rings. The van der Waals surface area contributed by atoms with Crippen LogP contribution in [0.2, 0.25) is 0 Å². The van der Waals surface area contributed by atoms with Crippen LogP contribution < -0.4 is 4.90 Å². The molecule has 0 saturated heterocycles. The Kier molecular flexibility index (Phi) is 7.85. The number of furan rings is 1. The molecule has 0 spiro atoms. The molecule has 0 saturated carbocycles. The molecule has 2 heteroatoms. The summed E-state index contributed by atoms with van der Waals surface area (Å²) in [7, 11) is 0. The van der Waals surface area contributed by atoms with Crippen LogP contribution in [0.4, 0.5) is 17.1 Å². The number of fused-ring (bicyclic) bond motifs is 5. The van der Waals surface area contributed by atoms with Crippen molar-refractivity contribution < 1.29 is 4.42 Å². The Bertz CT molecular complexity index is 2890. The van der Waals surface area contributed by atoms with E-state index in [0.29, 0.717) is 0 Å². The zero-order valence-electron chi connectivity index (χ0n) is 29.6. The monoisotopic (exact) mass is 689 g/mol. The van der Waals surface area contributed by atoms with Crippen molar-refractivity contribution >= 4 is 49.8 Å². The topological polar surface area (TPSA) is 16.4 Å². The number of hydrogen-bond acceptors (Lipinski definition) is 2. The number of benzene rings is 9. The average molecular weight is 690 g/mol. The van der Waals surface area contributed by atoms with Gasteiger partial charge >= 0.3 is 0 Å². The van der Waals surface area contributed by atoms with Crippen LogP contribution in [0, 0.1) is 0 Å². The van der Waals surface area contributed by atoms with Crippen LogP contribution >= 0.6 is 0 Å². The second kappa shape index (κ2) is 13.4. The smallest absolute Gasteiger partial charge is 0.143 e. The third kappa shape index (κ3) is 5.62. The van der Waals surface area contributed by atoms with Gasteiger partial charge in [0.05, 0.1) is 0 Å². The van der Waals surface area contributed by atoms with E-state index in [1.807, 2.05) is 0 Å². The maximum atomic E-state index is 6.89. The molecule has 0 aliphatic rings. The Hall–Kier alpha value is -7.16. The Labute approximate surface area is 314 Å². The van der Waals surface area contributed by atoms with Crippen LogP contribution in [-0.2, 0) is 0 Å². The first-order chi connectivity index (χ1) is 26.8. The van der Waals surface area contributed by atoms with Crippen molar-refractivity contribution in [1.82, 2.24) is 0 Å². The van der Waals surface area contributed by atoms with E-state index in [1.165, 1.54) is 38.8 Å². The SMILES string of the molecule is c1ccc(-c2ccc(N(c3ccccc3)c3ccc(-c4cccc5c4oc4c6ccccc6c(-c6cccc(-c7ccccc7)c6)cc54)cc3)cc2)cc1. The predicted molar refractivity (Wildman–Crippen MR) is 228 cm³/mol. The predicted octanol–water partition coefficient (Wildman–Crippen LogP) is 14.9. The molecule has 9 aromatic carbocycles. The van der Waals surface area contributed by atoms with Crippen LogP contribution in [0.3, 0.4) is 0 Å². The highest BCUT2D eigenvalue weighted by Gasteiger charge is 2.19. The summed E-state index contributed by atoms with van der Waals surface area (Å²) in [6.07, 6.45) is 0. The number of rotatable bonds is 7. The summed E-state index contributed by atoms with van der Waals surface area (Å²) in [4.78, 5) is 2.31. The molecule has 54 heavy (non-hydrogen) atoms. The zero-order chi connectivity index (χ0) is 35.8. The van der Waals surface area contributed by atoms with E-state index >= 15 is 0 Å². The van der Waals surface area contributed by atoms with E-state index in [0.717, 1.165) is 55.5 Å². The highest BCUT2D eigenvalue weighted by molar-refractivity contribution is 6.20. The van der Waals surface area contributed by atoms with E-state index in [1.54, 1.807) is 0 Å². The third-order valence-corrected chi connectivity index (χ3v) is 10.5. The van der Waals surface area contributed by atoms with Gasteiger partial charge in [-0.1, -0.05) is 164 Å². The molecule has 0 bridgehead atoms. The van der Waals surface area contributed by atoms with Gasteiger partial charge in [0, 0.05) is 38.8 Å². The highest BCUT2D eigenvalue weighted by Crippen LogP contribution is 2.44. The third-order valence-electron chi connectivity index (χ3n) is 10.5. The summed E-state index contributed by atoms with van der Waals surface area (Å²) in [5, 5.41) is 4.53. The van der Waals surface area contributed by atoms with Crippen molar-refractivity contribution in [1.29, 1.82) is 0 Å². The van der Waals surface area contributed by atoms with Crippen LogP contribution in [-0.4, -0.2) is 0 Å². The zero-order valence-corrected chi connectivity index (χ0v) is 29.6. The van der Waals surface area contributed by atoms with Crippen molar-refractivity contribution in [2.24, 2.45) is 0 Å². The summed E-state index contributed by atoms with van der Waals surface area (Å²) >= 11 is 0. The normalized spacial score (nSPS) is 11.3. The molecule has 0 unspecified atom stereocenters. The van der Waals surface area contributed by atoms with E-state index in [4.69, 9.17) is 4.42 Å². The molecule has 1 heterocycles. The molecule has 0 radical (unpaired) electrons. The summed E-state index contributed by atoms with van der Waals surface area (Å²) < 4.78 is 6.89. The van der Waals surface area contributed by atoms with Crippen molar-refractivity contribution in [3.8, 4) is 44.5 Å². The first-order valence-corrected chi connectivity index (χ1v) is 18.4. The molecular weight excluding hydrogens is 655 g/mol. The largest absolute Gasteiger partial charge is 0.455 e. The Balaban J connectivity index is 1.06. The van der Waals surface area contributed by atoms with Gasteiger partial charge in [-0.2, -0.15) is 0 Å². The van der Waals surface area contributed by atoms with Gasteiger partial charge in [-0.05, 0) is 92.9 Å². The quantitative estimate of drug-likeness (QED) is 0.166. The second-order valence-electron chi connectivity index (χ2n) is 13.7. The molecule has 0 aliphatic carbocycles. The van der Waals surface area contributed by atoms with Crippen molar-refractivity contribution in [2.75, 3.05) is 4.90 Å². The van der Waals surface area contributed by atoms with Gasteiger partial charge in [0.1, 0.15) is 11.2 Å². The number of para-hydroxylation sites is 2. The Morgan fingerprint density at radius 2 is 0.722 bits per heavy atom. The first-order valence-electron chi connectivity index (χ1n) is 18.4. The molecule has 0 aliphatic heterocycles. The lowest BCUT2D eigenvalue weighted by molar-refractivity contribution is 0.674. The fraction of sp³-hybridized carbons (Fsp3) is 0. The Morgan fingerprint density at radius 3 is 1.41 bits per heavy atom. The van der Waals surface area contributed by atoms with Crippen LogP contribution in [0.5, 0.6) is 0 Å². The van der Waals surface area contributed by atoms with Crippen molar-refractivity contribution in [3.63, 3.8) is 0 Å². The molecule has 254 valence electrons. The Morgan fingerprint density at radius 1 is 0.259 bits per heavy atom. The van der Waals surface area contributed by atoms with Crippen LogP contribution in [0.25, 0.3) is 77.2 Å². The summed E-state index contributed by atoms with van der Waals surface area (Å²) in [5.41, 5.74) is 14.5. The average Bonchev–Trinajstić information content (AvgIpc) is 3.64. The fourth-order valence-corrected chi connectivity index (χ4v) is 7.83. The van der Waals surface area contributed by atoms with E-state index in [2.05, 4.69) is 217 Å². The molecule has 1 aromatic heterocycles. The molecule has 10 rings (SSSR count). The summed E-state index contributed by atoms with van der Waals surface area (Å²) in [6, 6.07) is 75.6. The van der Waals surface area contributed by atoms with Crippen LogP contribution in [0.15, 0.2) is 217 Å². The minimum absolute atomic E-state index is 0.900. The van der Waals surface area contributed by atoms with Crippen molar-refractivity contribution in [3.05, 3.63) is 212 Å². The van der Waals surface area contributed by atoms with Gasteiger partial charge in [-0.3, -0.25) is 0 Å². The standard InChI is InChI=1S/C52H35NO/c1-4-14-36(15-5-1)38-26-30-43(31-27-38)53(42-20-8-3-9-21-42)44-32-28-39(29-33-44)45-24-13-25-48-50-35-49(46-22-10-11-23-47(46)52(50)54-51(45)48)41-19-12-18-40(34-41)37-16-6-2-7-17-37/h1-35H. The van der Waals surface area contributed by atoms with Gasteiger partial charge in [0.25, 0.3) is 0 Å². The van der Waals surface area contributed by atoms with E-state index in [9.17, 15) is 0 Å². The number of anilines is 3. The lowest BCUT2D eigenvalue weighted by Gasteiger charge is -2.26. The molecule has 10 aromatic rings. The first kappa shape index (κ1) is 31.6. The van der Waals surface area contributed by atoms with Gasteiger partial charge in [0.15, 0.2) is 0 Å². The van der Waals surface area contributed by atoms with Crippen LogP contribution in [0.1, 0.15) is 0 Å². The summed E-state index contributed by atoms with van der Waals surface area (Å²) in [6.45, 7) is 0. The van der Waals surface area contributed by atoms with E-state index in [-0.39, 0.29) is 0 Å². The van der Waals surface area contributed by atoms with Gasteiger partial charge in [-0.15, -0.1) is 0 Å². The molecule has 0 amide bonds. The van der Waals surface area contributed by atoms with Gasteiger partial charge in [-0.25, -0.2) is 0 Å². The fourth-order valence-electron chi connectivity index (χ4n) is 7.83. The molecule has 0 N–H and O–H groups in total. The highest BCUT2D eigenvalue weighted by atomic mass is 16.3. The van der Waals surface area contributed by atoms with E-state index < -0.39 is 0 Å². The lowest BCUT2D eigenvalue weighted by atomic mass is 9.93. The van der Waals surface area contributed by atoms with Gasteiger partial charge < -0.3 is 9.32 Å². The molecule has 0 atom stereocenters. The molecule has 2 nitrogen and oxygen atoms in total.